The maximum Gasteiger partial charge on any atom is 0.159 e. The van der Waals surface area contributed by atoms with Crippen LogP contribution in [0.25, 0.3) is 11.4 Å². The minimum Gasteiger partial charge on any atom is -0.494 e. The lowest BCUT2D eigenvalue weighted by Crippen LogP contribution is -2.14. The molecule has 1 aromatic heterocycles. The van der Waals surface area contributed by atoms with Crippen molar-refractivity contribution in [2.24, 2.45) is 5.92 Å². The van der Waals surface area contributed by atoms with Crippen molar-refractivity contribution >= 4 is 0 Å². The Labute approximate surface area is 234 Å². The van der Waals surface area contributed by atoms with Crippen LogP contribution in [0.15, 0.2) is 36.7 Å². The van der Waals surface area contributed by atoms with E-state index in [2.05, 4.69) is 50.5 Å². The summed E-state index contributed by atoms with van der Waals surface area (Å²) in [6.45, 7) is 5.38. The van der Waals surface area contributed by atoms with Crippen LogP contribution >= 0.6 is 0 Å². The lowest BCUT2D eigenvalue weighted by molar-refractivity contribution is 0.301. The van der Waals surface area contributed by atoms with Gasteiger partial charge in [-0.25, -0.2) is 9.97 Å². The van der Waals surface area contributed by atoms with Gasteiger partial charge < -0.3 is 4.74 Å². The SMILES string of the molecule is CCCCCCCCCCCCOc1ccc(-c2ncc(C3CCC(CCCCCCC)CC3)cn2)cc1. The van der Waals surface area contributed by atoms with Crippen molar-refractivity contribution in [3.63, 3.8) is 0 Å². The normalized spacial score (nSPS) is 17.5. The average Bonchev–Trinajstić information content (AvgIpc) is 2.97. The Hall–Kier alpha value is -1.90. The van der Waals surface area contributed by atoms with Crippen molar-refractivity contribution < 1.29 is 4.74 Å². The summed E-state index contributed by atoms with van der Waals surface area (Å²) in [5, 5.41) is 0. The first-order chi connectivity index (χ1) is 18.8. The zero-order valence-corrected chi connectivity index (χ0v) is 24.8. The van der Waals surface area contributed by atoms with E-state index in [1.54, 1.807) is 0 Å². The molecule has 1 aliphatic carbocycles. The topological polar surface area (TPSA) is 35.0 Å². The molecule has 0 N–H and O–H groups in total. The summed E-state index contributed by atoms with van der Waals surface area (Å²) in [4.78, 5) is 9.46. The van der Waals surface area contributed by atoms with E-state index in [1.165, 1.54) is 128 Å². The highest BCUT2D eigenvalue weighted by atomic mass is 16.5. The molecule has 0 aliphatic heterocycles. The first-order valence-electron chi connectivity index (χ1n) is 16.3. The van der Waals surface area contributed by atoms with Crippen LogP contribution in [0.2, 0.25) is 0 Å². The van der Waals surface area contributed by atoms with Gasteiger partial charge in [0.25, 0.3) is 0 Å². The molecule has 0 amide bonds. The van der Waals surface area contributed by atoms with Gasteiger partial charge in [0.2, 0.25) is 0 Å². The number of nitrogens with zero attached hydrogens (tertiary/aromatic N) is 2. The monoisotopic (exact) mass is 520 g/mol. The van der Waals surface area contributed by atoms with Crippen LogP contribution in [0.5, 0.6) is 5.75 Å². The van der Waals surface area contributed by atoms with E-state index in [1.807, 2.05) is 0 Å². The third kappa shape index (κ3) is 11.9. The van der Waals surface area contributed by atoms with Gasteiger partial charge in [0.15, 0.2) is 5.82 Å². The molecule has 1 fully saturated rings. The highest BCUT2D eigenvalue weighted by molar-refractivity contribution is 5.56. The van der Waals surface area contributed by atoms with Gasteiger partial charge in [0.1, 0.15) is 5.75 Å². The summed E-state index contributed by atoms with van der Waals surface area (Å²) < 4.78 is 5.98. The molecule has 1 heterocycles. The second-order valence-corrected chi connectivity index (χ2v) is 11.8. The predicted octanol–water partition coefficient (Wildman–Crippen LogP) is 11.1. The molecule has 1 saturated carbocycles. The number of hydrogen-bond donors (Lipinski definition) is 0. The summed E-state index contributed by atoms with van der Waals surface area (Å²) in [5.74, 6) is 3.35. The number of unbranched alkanes of at least 4 members (excludes halogenated alkanes) is 13. The molecule has 0 radical (unpaired) electrons. The maximum absolute atomic E-state index is 5.98. The molecule has 1 aliphatic rings. The molecule has 212 valence electrons. The lowest BCUT2D eigenvalue weighted by Gasteiger charge is -2.28. The summed E-state index contributed by atoms with van der Waals surface area (Å²) in [7, 11) is 0. The van der Waals surface area contributed by atoms with Gasteiger partial charge in [-0.15, -0.1) is 0 Å². The van der Waals surface area contributed by atoms with Gasteiger partial charge >= 0.3 is 0 Å². The molecular weight excluding hydrogens is 464 g/mol. The smallest absolute Gasteiger partial charge is 0.159 e. The molecule has 0 bridgehead atoms. The number of aromatic nitrogens is 2. The Kier molecular flexibility index (Phi) is 15.5. The van der Waals surface area contributed by atoms with Gasteiger partial charge in [0, 0.05) is 18.0 Å². The van der Waals surface area contributed by atoms with Crippen LogP contribution in [0.3, 0.4) is 0 Å². The molecule has 3 rings (SSSR count). The van der Waals surface area contributed by atoms with E-state index in [9.17, 15) is 0 Å². The third-order valence-corrected chi connectivity index (χ3v) is 8.59. The van der Waals surface area contributed by atoms with Crippen LogP contribution in [-0.2, 0) is 0 Å². The zero-order chi connectivity index (χ0) is 26.7. The Morgan fingerprint density at radius 2 is 1.16 bits per heavy atom. The highest BCUT2D eigenvalue weighted by Crippen LogP contribution is 2.37. The van der Waals surface area contributed by atoms with Gasteiger partial charge in [0.05, 0.1) is 6.61 Å². The molecule has 1 aromatic carbocycles. The van der Waals surface area contributed by atoms with Gasteiger partial charge in [-0.3, -0.25) is 0 Å². The number of ether oxygens (including phenoxy) is 1. The molecular formula is C35H56N2O. The molecule has 0 spiro atoms. The van der Waals surface area contributed by atoms with Crippen LogP contribution in [0.1, 0.15) is 154 Å². The van der Waals surface area contributed by atoms with Crippen molar-refractivity contribution in [3.05, 3.63) is 42.2 Å². The van der Waals surface area contributed by atoms with E-state index in [0.29, 0.717) is 5.92 Å². The van der Waals surface area contributed by atoms with Crippen molar-refractivity contribution in [1.82, 2.24) is 9.97 Å². The minimum atomic E-state index is 0.641. The van der Waals surface area contributed by atoms with Crippen LogP contribution in [0, 0.1) is 5.92 Å². The van der Waals surface area contributed by atoms with E-state index < -0.39 is 0 Å². The fraction of sp³-hybridized carbons (Fsp3) is 0.714. The standard InChI is InChI=1S/C35H56N2O/c1-3-5-7-9-10-11-12-13-15-17-27-38-34-25-23-32(24-26-34)35-36-28-33(29-37-35)31-21-19-30(20-22-31)18-16-14-8-6-4-2/h23-26,28-31H,3-22,27H2,1-2H3. The largest absolute Gasteiger partial charge is 0.494 e. The van der Waals surface area contributed by atoms with Gasteiger partial charge in [-0.05, 0) is 73.8 Å². The lowest BCUT2D eigenvalue weighted by atomic mass is 9.77. The summed E-state index contributed by atoms with van der Waals surface area (Å²) in [5.41, 5.74) is 2.39. The zero-order valence-electron chi connectivity index (χ0n) is 24.8. The van der Waals surface area contributed by atoms with Crippen LogP contribution in [-0.4, -0.2) is 16.6 Å². The molecule has 3 heteroatoms. The number of rotatable bonds is 20. The first kappa shape index (κ1) is 30.6. The summed E-state index contributed by atoms with van der Waals surface area (Å²) >= 11 is 0. The molecule has 0 atom stereocenters. The molecule has 0 unspecified atom stereocenters. The Morgan fingerprint density at radius 1 is 0.632 bits per heavy atom. The van der Waals surface area contributed by atoms with Gasteiger partial charge in [-0.1, -0.05) is 110 Å². The summed E-state index contributed by atoms with van der Waals surface area (Å²) in [6.07, 6.45) is 31.5. The Bertz CT molecular complexity index is 824. The maximum atomic E-state index is 5.98. The van der Waals surface area contributed by atoms with Crippen molar-refractivity contribution in [1.29, 1.82) is 0 Å². The van der Waals surface area contributed by atoms with E-state index >= 15 is 0 Å². The second kappa shape index (κ2) is 19.2. The average molecular weight is 521 g/mol. The van der Waals surface area contributed by atoms with E-state index in [0.717, 1.165) is 36.1 Å². The van der Waals surface area contributed by atoms with Crippen molar-refractivity contribution in [3.8, 4) is 17.1 Å². The Balaban J connectivity index is 1.29. The van der Waals surface area contributed by atoms with Crippen molar-refractivity contribution in [2.45, 2.75) is 148 Å². The van der Waals surface area contributed by atoms with E-state index in [4.69, 9.17) is 14.7 Å². The Morgan fingerprint density at radius 3 is 1.74 bits per heavy atom. The summed E-state index contributed by atoms with van der Waals surface area (Å²) in [6, 6.07) is 8.31. The molecule has 2 aromatic rings. The fourth-order valence-corrected chi connectivity index (χ4v) is 6.00. The van der Waals surface area contributed by atoms with E-state index in [-0.39, 0.29) is 0 Å². The van der Waals surface area contributed by atoms with Crippen LogP contribution < -0.4 is 4.74 Å². The predicted molar refractivity (Wildman–Crippen MR) is 163 cm³/mol. The van der Waals surface area contributed by atoms with Crippen LogP contribution in [0.4, 0.5) is 0 Å². The minimum absolute atomic E-state index is 0.641. The molecule has 38 heavy (non-hydrogen) atoms. The quantitative estimate of drug-likeness (QED) is 0.163. The van der Waals surface area contributed by atoms with Gasteiger partial charge in [-0.2, -0.15) is 0 Å². The number of benzene rings is 1. The van der Waals surface area contributed by atoms with Crippen molar-refractivity contribution in [2.75, 3.05) is 6.61 Å². The second-order valence-electron chi connectivity index (χ2n) is 11.8. The molecule has 3 nitrogen and oxygen atoms in total. The first-order valence-corrected chi connectivity index (χ1v) is 16.3. The third-order valence-electron chi connectivity index (χ3n) is 8.59. The highest BCUT2D eigenvalue weighted by Gasteiger charge is 2.22. The molecule has 0 saturated heterocycles. The fourth-order valence-electron chi connectivity index (χ4n) is 6.00. The number of hydrogen-bond acceptors (Lipinski definition) is 3.